The first-order valence-corrected chi connectivity index (χ1v) is 5.97. The molecule has 1 aromatic rings. The van der Waals surface area contributed by atoms with Crippen LogP contribution < -0.4 is 0 Å². The molecule has 1 N–H and O–H groups in total. The van der Waals surface area contributed by atoms with Crippen molar-refractivity contribution in [2.75, 3.05) is 13.1 Å². The third kappa shape index (κ3) is 2.97. The highest BCUT2D eigenvalue weighted by Crippen LogP contribution is 2.12. The van der Waals surface area contributed by atoms with Crippen LogP contribution in [-0.4, -0.2) is 33.8 Å². The molecule has 0 radical (unpaired) electrons. The van der Waals surface area contributed by atoms with Crippen LogP contribution >= 0.6 is 0 Å². The van der Waals surface area contributed by atoms with Gasteiger partial charge in [0, 0.05) is 25.2 Å². The molecule has 18 heavy (non-hydrogen) atoms. The number of rotatable bonds is 3. The number of aromatic amines is 1. The second-order valence-electron chi connectivity index (χ2n) is 4.28. The Morgan fingerprint density at radius 2 is 2.06 bits per heavy atom. The van der Waals surface area contributed by atoms with Gasteiger partial charge >= 0.3 is 5.82 Å². The molecule has 1 saturated heterocycles. The lowest BCUT2D eigenvalue weighted by Crippen LogP contribution is -2.34. The maximum Gasteiger partial charge on any atom is 0.321 e. The van der Waals surface area contributed by atoms with E-state index in [1.165, 1.54) is 18.6 Å². The van der Waals surface area contributed by atoms with Crippen LogP contribution in [0.5, 0.6) is 0 Å². The number of carbonyl (C=O) groups excluding carboxylic acids is 1. The van der Waals surface area contributed by atoms with E-state index in [1.54, 1.807) is 17.0 Å². The van der Waals surface area contributed by atoms with Crippen LogP contribution in [0.4, 0.5) is 5.82 Å². The molecule has 6 heteroatoms. The van der Waals surface area contributed by atoms with E-state index in [4.69, 9.17) is 0 Å². The molecular formula is C12H15N3O3. The van der Waals surface area contributed by atoms with Gasteiger partial charge in [0.1, 0.15) is 5.69 Å². The van der Waals surface area contributed by atoms with Gasteiger partial charge in [-0.3, -0.25) is 4.79 Å². The van der Waals surface area contributed by atoms with Crippen molar-refractivity contribution in [1.29, 1.82) is 0 Å². The monoisotopic (exact) mass is 249 g/mol. The molecule has 0 bridgehead atoms. The Morgan fingerprint density at radius 1 is 1.33 bits per heavy atom. The summed E-state index contributed by atoms with van der Waals surface area (Å²) in [6, 6.07) is 2.96. The van der Waals surface area contributed by atoms with Crippen LogP contribution in [0, 0.1) is 10.1 Å². The number of nitro groups is 1. The summed E-state index contributed by atoms with van der Waals surface area (Å²) in [6.45, 7) is 1.60. The molecule has 1 aromatic heterocycles. The molecule has 0 atom stereocenters. The van der Waals surface area contributed by atoms with Gasteiger partial charge in [-0.25, -0.2) is 4.98 Å². The van der Waals surface area contributed by atoms with Gasteiger partial charge < -0.3 is 15.0 Å². The highest BCUT2D eigenvalue weighted by Gasteiger charge is 2.14. The Labute approximate surface area is 104 Å². The first-order valence-electron chi connectivity index (χ1n) is 5.97. The van der Waals surface area contributed by atoms with Crippen LogP contribution in [0.1, 0.15) is 25.0 Å². The largest absolute Gasteiger partial charge is 0.358 e. The number of H-pyrrole nitrogens is 1. The molecule has 1 aliphatic rings. The molecule has 0 aromatic carbocycles. The smallest absolute Gasteiger partial charge is 0.321 e. The van der Waals surface area contributed by atoms with Gasteiger partial charge in [-0.05, 0) is 36.3 Å². The quantitative estimate of drug-likeness (QED) is 0.505. The summed E-state index contributed by atoms with van der Waals surface area (Å²) < 4.78 is 0. The molecule has 1 aliphatic heterocycles. The molecule has 1 amide bonds. The number of hydrogen-bond donors (Lipinski definition) is 1. The fraction of sp³-hybridized carbons (Fsp3) is 0.417. The lowest BCUT2D eigenvalue weighted by atomic mass is 10.1. The number of piperidine rings is 1. The number of nitrogens with one attached hydrogen (secondary N) is 1. The van der Waals surface area contributed by atoms with Gasteiger partial charge in [-0.15, -0.1) is 0 Å². The van der Waals surface area contributed by atoms with E-state index in [-0.39, 0.29) is 11.7 Å². The standard InChI is InChI=1S/C12H15N3O3/c16-12(14-8-2-1-3-9-14)7-5-10-4-6-11(13-10)15(17)18/h4-7,13H,1-3,8-9H2. The van der Waals surface area contributed by atoms with E-state index < -0.39 is 4.92 Å². The van der Waals surface area contributed by atoms with E-state index in [0.717, 1.165) is 25.9 Å². The number of likely N-dealkylation sites (tertiary alicyclic amines) is 1. The van der Waals surface area contributed by atoms with Gasteiger partial charge in [-0.2, -0.15) is 0 Å². The van der Waals surface area contributed by atoms with E-state index in [2.05, 4.69) is 4.98 Å². The first-order chi connectivity index (χ1) is 8.66. The Hall–Kier alpha value is -2.11. The molecule has 6 nitrogen and oxygen atoms in total. The third-order valence-electron chi connectivity index (χ3n) is 2.96. The fourth-order valence-corrected chi connectivity index (χ4v) is 1.98. The first kappa shape index (κ1) is 12.3. The minimum absolute atomic E-state index is 0.0352. The second kappa shape index (κ2) is 5.48. The predicted octanol–water partition coefficient (Wildman–Crippen LogP) is 1.95. The SMILES string of the molecule is O=C(C=Cc1ccc([N+](=O)[O-])[nH]1)N1CCCCC1. The summed E-state index contributed by atoms with van der Waals surface area (Å²) in [5.41, 5.74) is 0.562. The van der Waals surface area contributed by atoms with Crippen molar-refractivity contribution in [2.45, 2.75) is 19.3 Å². The number of aromatic nitrogens is 1. The summed E-state index contributed by atoms with van der Waals surface area (Å²) in [4.78, 5) is 26.2. The maximum atomic E-state index is 11.8. The van der Waals surface area contributed by atoms with Gasteiger partial charge in [0.05, 0.1) is 0 Å². The Morgan fingerprint density at radius 3 is 2.67 bits per heavy atom. The van der Waals surface area contributed by atoms with Crippen molar-refractivity contribution < 1.29 is 9.72 Å². The highest BCUT2D eigenvalue weighted by molar-refractivity contribution is 5.91. The highest BCUT2D eigenvalue weighted by atomic mass is 16.6. The molecule has 0 unspecified atom stereocenters. The third-order valence-corrected chi connectivity index (χ3v) is 2.96. The Kier molecular flexibility index (Phi) is 3.76. The maximum absolute atomic E-state index is 11.8. The van der Waals surface area contributed by atoms with E-state index in [9.17, 15) is 14.9 Å². The van der Waals surface area contributed by atoms with Gasteiger partial charge in [0.2, 0.25) is 5.91 Å². The average Bonchev–Trinajstić information content (AvgIpc) is 2.86. The van der Waals surface area contributed by atoms with Crippen molar-refractivity contribution in [3.63, 3.8) is 0 Å². The minimum atomic E-state index is -0.496. The van der Waals surface area contributed by atoms with Crippen LogP contribution in [0.15, 0.2) is 18.2 Å². The van der Waals surface area contributed by atoms with Crippen molar-refractivity contribution >= 4 is 17.8 Å². The minimum Gasteiger partial charge on any atom is -0.358 e. The second-order valence-corrected chi connectivity index (χ2v) is 4.28. The number of amides is 1. The summed E-state index contributed by atoms with van der Waals surface area (Å²) in [5, 5.41) is 10.5. The average molecular weight is 249 g/mol. The van der Waals surface area contributed by atoms with Gasteiger partial charge in [-0.1, -0.05) is 0 Å². The zero-order valence-corrected chi connectivity index (χ0v) is 9.96. The number of hydrogen-bond acceptors (Lipinski definition) is 3. The van der Waals surface area contributed by atoms with Crippen LogP contribution in [0.2, 0.25) is 0 Å². The number of nitrogens with zero attached hydrogens (tertiary/aromatic N) is 2. The van der Waals surface area contributed by atoms with Gasteiger partial charge in [0.15, 0.2) is 0 Å². The molecule has 2 heterocycles. The molecule has 0 aliphatic carbocycles. The summed E-state index contributed by atoms with van der Waals surface area (Å²) in [6.07, 6.45) is 6.31. The van der Waals surface area contributed by atoms with Crippen LogP contribution in [0.25, 0.3) is 6.08 Å². The Balaban J connectivity index is 1.96. The molecule has 1 fully saturated rings. The Bertz CT molecular complexity index is 473. The van der Waals surface area contributed by atoms with E-state index in [1.807, 2.05) is 0 Å². The molecule has 0 saturated carbocycles. The summed E-state index contributed by atoms with van der Waals surface area (Å²) in [5.74, 6) is -0.105. The zero-order valence-electron chi connectivity index (χ0n) is 9.96. The van der Waals surface area contributed by atoms with Crippen molar-refractivity contribution in [1.82, 2.24) is 9.88 Å². The lowest BCUT2D eigenvalue weighted by molar-refractivity contribution is -0.389. The summed E-state index contributed by atoms with van der Waals surface area (Å²) in [7, 11) is 0. The topological polar surface area (TPSA) is 79.2 Å². The summed E-state index contributed by atoms with van der Waals surface area (Å²) >= 11 is 0. The predicted molar refractivity (Wildman–Crippen MR) is 66.9 cm³/mol. The fourth-order valence-electron chi connectivity index (χ4n) is 1.98. The molecule has 0 spiro atoms. The van der Waals surface area contributed by atoms with E-state index >= 15 is 0 Å². The zero-order chi connectivity index (χ0) is 13.0. The molecular weight excluding hydrogens is 234 g/mol. The van der Waals surface area contributed by atoms with Crippen molar-refractivity contribution in [2.24, 2.45) is 0 Å². The van der Waals surface area contributed by atoms with Crippen LogP contribution in [-0.2, 0) is 4.79 Å². The molecule has 2 rings (SSSR count). The van der Waals surface area contributed by atoms with Crippen molar-refractivity contribution in [3.05, 3.63) is 34.0 Å². The van der Waals surface area contributed by atoms with Crippen LogP contribution in [0.3, 0.4) is 0 Å². The van der Waals surface area contributed by atoms with Crippen molar-refractivity contribution in [3.8, 4) is 0 Å². The lowest BCUT2D eigenvalue weighted by Gasteiger charge is -2.25. The normalized spacial score (nSPS) is 16.1. The van der Waals surface area contributed by atoms with E-state index in [0.29, 0.717) is 5.69 Å². The molecule has 96 valence electrons. The van der Waals surface area contributed by atoms with Gasteiger partial charge in [0.25, 0.3) is 0 Å². The number of carbonyl (C=O) groups is 1.